The number of pyridine rings is 1. The number of aromatic nitrogens is 1. The van der Waals surface area contributed by atoms with E-state index in [1.807, 2.05) is 31.2 Å². The average molecular weight is 176 g/mol. The van der Waals surface area contributed by atoms with Crippen LogP contribution >= 0.6 is 0 Å². The van der Waals surface area contributed by atoms with Gasteiger partial charge in [-0.1, -0.05) is 6.07 Å². The summed E-state index contributed by atoms with van der Waals surface area (Å²) >= 11 is 0. The van der Waals surface area contributed by atoms with Crippen LogP contribution < -0.4 is 5.32 Å². The minimum absolute atomic E-state index is 0.127. The molecular formula is C10H12N2O. The van der Waals surface area contributed by atoms with E-state index in [9.17, 15) is 0 Å². The molecule has 1 unspecified atom stereocenters. The van der Waals surface area contributed by atoms with Gasteiger partial charge < -0.3 is 10.4 Å². The van der Waals surface area contributed by atoms with Crippen molar-refractivity contribution in [2.75, 3.05) is 5.32 Å². The van der Waals surface area contributed by atoms with Crippen molar-refractivity contribution in [2.24, 2.45) is 0 Å². The zero-order chi connectivity index (χ0) is 9.31. The third-order valence-corrected chi connectivity index (χ3v) is 2.11. The van der Waals surface area contributed by atoms with E-state index < -0.39 is 0 Å². The normalized spacial score (nSPS) is 26.1. The van der Waals surface area contributed by atoms with E-state index in [-0.39, 0.29) is 5.54 Å². The summed E-state index contributed by atoms with van der Waals surface area (Å²) in [6, 6.07) is 5.72. The van der Waals surface area contributed by atoms with Crippen molar-refractivity contribution in [3.05, 3.63) is 36.2 Å². The first kappa shape index (κ1) is 8.10. The molecule has 1 heterocycles. The van der Waals surface area contributed by atoms with Crippen LogP contribution in [0.2, 0.25) is 0 Å². The largest absolute Gasteiger partial charge is 0.512 e. The summed E-state index contributed by atoms with van der Waals surface area (Å²) in [7, 11) is 0. The lowest BCUT2D eigenvalue weighted by molar-refractivity contribution is 0.319. The molecule has 1 atom stereocenters. The highest BCUT2D eigenvalue weighted by Crippen LogP contribution is 2.30. The second-order valence-corrected chi connectivity index (χ2v) is 3.57. The number of nitrogens with zero attached hydrogens (tertiary/aromatic N) is 1. The van der Waals surface area contributed by atoms with Gasteiger partial charge in [-0.3, -0.25) is 0 Å². The Labute approximate surface area is 77.1 Å². The monoisotopic (exact) mass is 176 g/mol. The minimum atomic E-state index is -0.127. The molecule has 2 N–H and O–H groups in total. The van der Waals surface area contributed by atoms with Crippen molar-refractivity contribution in [3.8, 4) is 0 Å². The van der Waals surface area contributed by atoms with Gasteiger partial charge in [0.15, 0.2) is 0 Å². The molecule has 1 aliphatic rings. The summed E-state index contributed by atoms with van der Waals surface area (Å²) in [6.07, 6.45) is 4.22. The molecule has 0 aromatic carbocycles. The van der Waals surface area contributed by atoms with Crippen molar-refractivity contribution in [1.29, 1.82) is 0 Å². The molecule has 0 bridgehead atoms. The highest BCUT2D eigenvalue weighted by Gasteiger charge is 2.31. The lowest BCUT2D eigenvalue weighted by atomic mass is 9.86. The van der Waals surface area contributed by atoms with Crippen LogP contribution in [0, 0.1) is 0 Å². The first-order valence-electron chi connectivity index (χ1n) is 4.28. The van der Waals surface area contributed by atoms with Gasteiger partial charge in [-0.2, -0.15) is 0 Å². The predicted octanol–water partition coefficient (Wildman–Crippen LogP) is 2.10. The van der Waals surface area contributed by atoms with Crippen molar-refractivity contribution < 1.29 is 5.11 Å². The molecule has 0 radical (unpaired) electrons. The zero-order valence-corrected chi connectivity index (χ0v) is 7.49. The molecule has 13 heavy (non-hydrogen) atoms. The summed E-state index contributed by atoms with van der Waals surface area (Å²) in [5.74, 6) is 1.29. The molecule has 3 nitrogen and oxygen atoms in total. The lowest BCUT2D eigenvalue weighted by Crippen LogP contribution is -2.39. The van der Waals surface area contributed by atoms with Gasteiger partial charge in [0, 0.05) is 12.6 Å². The van der Waals surface area contributed by atoms with E-state index >= 15 is 0 Å². The number of hydrogen-bond acceptors (Lipinski definition) is 3. The first-order valence-corrected chi connectivity index (χ1v) is 4.28. The number of rotatable bonds is 2. The van der Waals surface area contributed by atoms with Crippen LogP contribution in [-0.2, 0) is 0 Å². The van der Waals surface area contributed by atoms with Crippen LogP contribution in [0.3, 0.4) is 0 Å². The second kappa shape index (κ2) is 2.76. The maximum Gasteiger partial charge on any atom is 0.126 e. The van der Waals surface area contributed by atoms with Crippen LogP contribution in [0.15, 0.2) is 36.2 Å². The van der Waals surface area contributed by atoms with Crippen LogP contribution in [0.25, 0.3) is 0 Å². The van der Waals surface area contributed by atoms with E-state index in [4.69, 9.17) is 5.11 Å². The Morgan fingerprint density at radius 2 is 2.31 bits per heavy atom. The maximum absolute atomic E-state index is 9.06. The third-order valence-electron chi connectivity index (χ3n) is 2.11. The fourth-order valence-corrected chi connectivity index (χ4v) is 1.52. The number of aliphatic hydroxyl groups is 1. The Hall–Kier alpha value is -1.51. The number of aliphatic hydroxyl groups excluding tert-OH is 1. The summed E-state index contributed by atoms with van der Waals surface area (Å²) in [6.45, 7) is 2.03. The van der Waals surface area contributed by atoms with Crippen molar-refractivity contribution in [2.45, 2.75) is 18.9 Å². The molecule has 0 saturated heterocycles. The summed E-state index contributed by atoms with van der Waals surface area (Å²) < 4.78 is 0. The van der Waals surface area contributed by atoms with Crippen LogP contribution in [-0.4, -0.2) is 15.6 Å². The van der Waals surface area contributed by atoms with E-state index in [1.54, 1.807) is 6.20 Å². The predicted molar refractivity (Wildman–Crippen MR) is 51.6 cm³/mol. The van der Waals surface area contributed by atoms with Crippen LogP contribution in [0.5, 0.6) is 0 Å². The van der Waals surface area contributed by atoms with E-state index in [0.717, 1.165) is 5.82 Å². The Bertz CT molecular complexity index is 334. The van der Waals surface area contributed by atoms with Gasteiger partial charge in [-0.25, -0.2) is 4.98 Å². The highest BCUT2D eigenvalue weighted by molar-refractivity contribution is 5.43. The first-order chi connectivity index (χ1) is 6.18. The van der Waals surface area contributed by atoms with Gasteiger partial charge in [0.2, 0.25) is 0 Å². The maximum atomic E-state index is 9.06. The highest BCUT2D eigenvalue weighted by atomic mass is 16.3. The summed E-state index contributed by atoms with van der Waals surface area (Å²) in [5, 5.41) is 12.3. The molecular weight excluding hydrogens is 164 g/mol. The molecule has 68 valence electrons. The Balaban J connectivity index is 2.08. The molecule has 1 aromatic heterocycles. The molecule has 0 saturated carbocycles. The molecule has 1 aromatic rings. The van der Waals surface area contributed by atoms with E-state index in [1.165, 1.54) is 0 Å². The van der Waals surface area contributed by atoms with Gasteiger partial charge >= 0.3 is 0 Å². The number of anilines is 1. The van der Waals surface area contributed by atoms with Crippen molar-refractivity contribution in [1.82, 2.24) is 4.98 Å². The molecule has 0 fully saturated rings. The zero-order valence-electron chi connectivity index (χ0n) is 7.49. The fourth-order valence-electron chi connectivity index (χ4n) is 1.52. The SMILES string of the molecule is CC1(Nc2ccccn2)C=C(O)C1. The quantitative estimate of drug-likeness (QED) is 0.725. The van der Waals surface area contributed by atoms with Gasteiger partial charge in [-0.15, -0.1) is 0 Å². The Morgan fingerprint density at radius 1 is 1.54 bits per heavy atom. The Kier molecular flexibility index (Phi) is 1.72. The smallest absolute Gasteiger partial charge is 0.126 e. The number of nitrogens with one attached hydrogen (secondary N) is 1. The topological polar surface area (TPSA) is 45.2 Å². The fraction of sp³-hybridized carbons (Fsp3) is 0.300. The molecule has 2 rings (SSSR count). The molecule has 1 aliphatic carbocycles. The summed E-state index contributed by atoms with van der Waals surface area (Å²) in [4.78, 5) is 4.15. The van der Waals surface area contributed by atoms with Gasteiger partial charge in [0.1, 0.15) is 5.82 Å². The summed E-state index contributed by atoms with van der Waals surface area (Å²) in [5.41, 5.74) is -0.127. The second-order valence-electron chi connectivity index (χ2n) is 3.57. The van der Waals surface area contributed by atoms with E-state index in [0.29, 0.717) is 12.2 Å². The van der Waals surface area contributed by atoms with Crippen molar-refractivity contribution >= 4 is 5.82 Å². The van der Waals surface area contributed by atoms with Gasteiger partial charge in [0.05, 0.1) is 11.3 Å². The van der Waals surface area contributed by atoms with Gasteiger partial charge in [0.25, 0.3) is 0 Å². The number of hydrogen-bond donors (Lipinski definition) is 2. The van der Waals surface area contributed by atoms with Crippen LogP contribution in [0.1, 0.15) is 13.3 Å². The Morgan fingerprint density at radius 3 is 2.85 bits per heavy atom. The molecule has 0 aliphatic heterocycles. The third kappa shape index (κ3) is 1.64. The van der Waals surface area contributed by atoms with Gasteiger partial charge in [-0.05, 0) is 25.1 Å². The van der Waals surface area contributed by atoms with E-state index in [2.05, 4.69) is 10.3 Å². The molecule has 3 heteroatoms. The molecule has 0 amide bonds. The van der Waals surface area contributed by atoms with Crippen LogP contribution in [0.4, 0.5) is 5.82 Å². The average Bonchev–Trinajstić information content (AvgIpc) is 2.03. The lowest BCUT2D eigenvalue weighted by Gasteiger charge is -2.34. The molecule has 0 spiro atoms. The minimum Gasteiger partial charge on any atom is -0.512 e. The standard InChI is InChI=1S/C10H12N2O/c1-10(6-8(13)7-10)12-9-4-2-3-5-11-9/h2-6,13H,7H2,1H3,(H,11,12). The van der Waals surface area contributed by atoms with Crippen molar-refractivity contribution in [3.63, 3.8) is 0 Å².